The van der Waals surface area contributed by atoms with Crippen LogP contribution in [-0.2, 0) is 10.0 Å². The molecule has 28 heavy (non-hydrogen) atoms. The van der Waals surface area contributed by atoms with Gasteiger partial charge in [0.1, 0.15) is 6.10 Å². The summed E-state index contributed by atoms with van der Waals surface area (Å²) in [6.07, 6.45) is 2.80. The fraction of sp³-hybridized carbons (Fsp3) is 0.333. The molecule has 6 nitrogen and oxygen atoms in total. The highest BCUT2D eigenvalue weighted by molar-refractivity contribution is 7.89. The zero-order valence-corrected chi connectivity index (χ0v) is 16.8. The van der Waals surface area contributed by atoms with Crippen molar-refractivity contribution in [3.63, 3.8) is 0 Å². The summed E-state index contributed by atoms with van der Waals surface area (Å²) >= 11 is 0. The summed E-state index contributed by atoms with van der Waals surface area (Å²) in [6, 6.07) is 12.9. The Hall–Kier alpha value is -2.51. The van der Waals surface area contributed by atoms with Crippen LogP contribution >= 0.6 is 0 Å². The van der Waals surface area contributed by atoms with E-state index in [1.54, 1.807) is 22.6 Å². The summed E-state index contributed by atoms with van der Waals surface area (Å²) in [6.45, 7) is 4.77. The predicted molar refractivity (Wildman–Crippen MR) is 108 cm³/mol. The average Bonchev–Trinajstić information content (AvgIpc) is 2.70. The van der Waals surface area contributed by atoms with Crippen molar-refractivity contribution in [1.29, 1.82) is 0 Å². The van der Waals surface area contributed by atoms with Crippen LogP contribution in [0.15, 0.2) is 53.6 Å². The normalized spacial score (nSPS) is 16.4. The number of aromatic nitrogens is 2. The van der Waals surface area contributed by atoms with Crippen LogP contribution in [0.4, 0.5) is 0 Å². The van der Waals surface area contributed by atoms with Crippen LogP contribution in [0.25, 0.3) is 11.0 Å². The zero-order chi connectivity index (χ0) is 19.7. The molecule has 1 aliphatic heterocycles. The quantitative estimate of drug-likeness (QED) is 0.674. The van der Waals surface area contributed by atoms with E-state index in [0.29, 0.717) is 36.7 Å². The van der Waals surface area contributed by atoms with E-state index in [2.05, 4.69) is 9.97 Å². The monoisotopic (exact) mass is 397 g/mol. The average molecular weight is 398 g/mol. The molecule has 1 aliphatic rings. The number of rotatable bonds is 4. The molecule has 0 amide bonds. The standard InChI is InChI=1S/C21H23N3O3S/c1-15-7-8-18(13-16(15)2)28(25,26)24-11-9-17(10-12-24)27-21-14-22-19-5-3-4-6-20(19)23-21/h3-8,13-14,17H,9-12H2,1-2H3. The van der Waals surface area contributed by atoms with Gasteiger partial charge in [-0.25, -0.2) is 18.4 Å². The van der Waals surface area contributed by atoms with Gasteiger partial charge in [-0.15, -0.1) is 0 Å². The van der Waals surface area contributed by atoms with Crippen molar-refractivity contribution in [3.8, 4) is 5.88 Å². The van der Waals surface area contributed by atoms with Gasteiger partial charge in [-0.05, 0) is 62.1 Å². The van der Waals surface area contributed by atoms with Crippen LogP contribution in [0.5, 0.6) is 5.88 Å². The summed E-state index contributed by atoms with van der Waals surface area (Å²) in [7, 11) is -3.48. The number of aryl methyl sites for hydroxylation is 2. The molecule has 0 spiro atoms. The molecule has 146 valence electrons. The van der Waals surface area contributed by atoms with Crippen molar-refractivity contribution in [2.24, 2.45) is 0 Å². The molecule has 1 aromatic heterocycles. The van der Waals surface area contributed by atoms with Crippen LogP contribution in [0.1, 0.15) is 24.0 Å². The minimum Gasteiger partial charge on any atom is -0.473 e. The van der Waals surface area contributed by atoms with Crippen molar-refractivity contribution in [2.45, 2.75) is 37.7 Å². The van der Waals surface area contributed by atoms with Gasteiger partial charge in [-0.1, -0.05) is 18.2 Å². The lowest BCUT2D eigenvalue weighted by Gasteiger charge is -2.31. The van der Waals surface area contributed by atoms with Gasteiger partial charge in [0.05, 0.1) is 22.1 Å². The van der Waals surface area contributed by atoms with Gasteiger partial charge in [0.15, 0.2) is 0 Å². The summed E-state index contributed by atoms with van der Waals surface area (Å²) < 4.78 is 33.4. The molecule has 0 atom stereocenters. The number of piperidine rings is 1. The maximum absolute atomic E-state index is 12.9. The van der Waals surface area contributed by atoms with Gasteiger partial charge >= 0.3 is 0 Å². The lowest BCUT2D eigenvalue weighted by atomic mass is 10.1. The Morgan fingerprint density at radius 1 is 1.00 bits per heavy atom. The van der Waals surface area contributed by atoms with Gasteiger partial charge in [-0.3, -0.25) is 0 Å². The molecule has 3 aromatic rings. The maximum atomic E-state index is 12.9. The second kappa shape index (κ2) is 7.48. The first-order chi connectivity index (χ1) is 13.4. The fourth-order valence-electron chi connectivity index (χ4n) is 3.38. The van der Waals surface area contributed by atoms with E-state index < -0.39 is 10.0 Å². The number of nitrogens with zero attached hydrogens (tertiary/aromatic N) is 3. The summed E-state index contributed by atoms with van der Waals surface area (Å²) in [4.78, 5) is 9.20. The number of para-hydroxylation sites is 2. The molecular weight excluding hydrogens is 374 g/mol. The number of hydrogen-bond donors (Lipinski definition) is 0. The van der Waals surface area contributed by atoms with Crippen molar-refractivity contribution < 1.29 is 13.2 Å². The Kier molecular flexibility index (Phi) is 5.03. The van der Waals surface area contributed by atoms with Crippen LogP contribution in [0.2, 0.25) is 0 Å². The maximum Gasteiger partial charge on any atom is 0.243 e. The first kappa shape index (κ1) is 18.8. The molecule has 1 saturated heterocycles. The Bertz CT molecular complexity index is 1110. The molecular formula is C21H23N3O3S. The van der Waals surface area contributed by atoms with Gasteiger partial charge in [0, 0.05) is 13.1 Å². The summed E-state index contributed by atoms with van der Waals surface area (Å²) in [5, 5.41) is 0. The third-order valence-electron chi connectivity index (χ3n) is 5.23. The Morgan fingerprint density at radius 3 is 2.43 bits per heavy atom. The highest BCUT2D eigenvalue weighted by Gasteiger charge is 2.30. The van der Waals surface area contributed by atoms with Crippen molar-refractivity contribution >= 4 is 21.1 Å². The second-order valence-corrected chi connectivity index (χ2v) is 9.10. The Morgan fingerprint density at radius 2 is 1.71 bits per heavy atom. The Balaban J connectivity index is 1.42. The second-order valence-electron chi connectivity index (χ2n) is 7.16. The van der Waals surface area contributed by atoms with E-state index >= 15 is 0 Å². The van der Waals surface area contributed by atoms with Crippen molar-refractivity contribution in [1.82, 2.24) is 14.3 Å². The van der Waals surface area contributed by atoms with Crippen LogP contribution < -0.4 is 4.74 Å². The number of fused-ring (bicyclic) bond motifs is 1. The van der Waals surface area contributed by atoms with Gasteiger partial charge in [0.25, 0.3) is 0 Å². The van der Waals surface area contributed by atoms with E-state index in [9.17, 15) is 8.42 Å². The largest absolute Gasteiger partial charge is 0.473 e. The van der Waals surface area contributed by atoms with Gasteiger partial charge in [-0.2, -0.15) is 4.31 Å². The van der Waals surface area contributed by atoms with E-state index in [-0.39, 0.29) is 6.10 Å². The van der Waals surface area contributed by atoms with Crippen molar-refractivity contribution in [2.75, 3.05) is 13.1 Å². The molecule has 7 heteroatoms. The van der Waals surface area contributed by atoms with Crippen molar-refractivity contribution in [3.05, 3.63) is 59.8 Å². The predicted octanol–water partition coefficient (Wildman–Crippen LogP) is 3.48. The SMILES string of the molecule is Cc1ccc(S(=O)(=O)N2CCC(Oc3cnc4ccccc4n3)CC2)cc1C. The number of hydrogen-bond acceptors (Lipinski definition) is 5. The molecule has 0 N–H and O–H groups in total. The molecule has 0 saturated carbocycles. The van der Waals surface area contributed by atoms with Gasteiger partial charge < -0.3 is 4.74 Å². The highest BCUT2D eigenvalue weighted by Crippen LogP contribution is 2.25. The van der Waals surface area contributed by atoms with E-state index in [1.807, 2.05) is 44.2 Å². The highest BCUT2D eigenvalue weighted by atomic mass is 32.2. The van der Waals surface area contributed by atoms with E-state index in [1.165, 1.54) is 0 Å². The molecule has 0 radical (unpaired) electrons. The number of sulfonamides is 1. The van der Waals surface area contributed by atoms with Crippen LogP contribution in [0, 0.1) is 13.8 Å². The van der Waals surface area contributed by atoms with Crippen LogP contribution in [-0.4, -0.2) is 41.9 Å². The van der Waals surface area contributed by atoms with E-state index in [0.717, 1.165) is 22.2 Å². The van der Waals surface area contributed by atoms with E-state index in [4.69, 9.17) is 4.74 Å². The Labute approximate surface area is 165 Å². The third-order valence-corrected chi connectivity index (χ3v) is 7.13. The number of benzene rings is 2. The molecule has 0 aliphatic carbocycles. The molecule has 2 aromatic carbocycles. The molecule has 4 rings (SSSR count). The fourth-order valence-corrected chi connectivity index (χ4v) is 4.94. The minimum absolute atomic E-state index is 0.0679. The minimum atomic E-state index is -3.48. The molecule has 1 fully saturated rings. The topological polar surface area (TPSA) is 72.4 Å². The lowest BCUT2D eigenvalue weighted by molar-refractivity contribution is 0.130. The first-order valence-corrected chi connectivity index (χ1v) is 10.8. The lowest BCUT2D eigenvalue weighted by Crippen LogP contribution is -2.41. The molecule has 0 unspecified atom stereocenters. The third kappa shape index (κ3) is 3.72. The zero-order valence-electron chi connectivity index (χ0n) is 16.0. The van der Waals surface area contributed by atoms with Gasteiger partial charge in [0.2, 0.25) is 15.9 Å². The molecule has 0 bridgehead atoms. The smallest absolute Gasteiger partial charge is 0.243 e. The number of ether oxygens (including phenoxy) is 1. The first-order valence-electron chi connectivity index (χ1n) is 9.39. The summed E-state index contributed by atoms with van der Waals surface area (Å²) in [5.74, 6) is 0.481. The molecule has 2 heterocycles. The summed E-state index contributed by atoms with van der Waals surface area (Å²) in [5.41, 5.74) is 3.68. The van der Waals surface area contributed by atoms with Crippen LogP contribution in [0.3, 0.4) is 0 Å².